The van der Waals surface area contributed by atoms with E-state index in [1.165, 1.54) is 12.1 Å². The molecule has 1 heterocycles. The van der Waals surface area contributed by atoms with Gasteiger partial charge in [0.25, 0.3) is 5.69 Å². The number of benzene rings is 3. The lowest BCUT2D eigenvalue weighted by Gasteiger charge is -2.21. The van der Waals surface area contributed by atoms with Gasteiger partial charge < -0.3 is 5.32 Å². The lowest BCUT2D eigenvalue weighted by atomic mass is 10.1. The van der Waals surface area contributed by atoms with Crippen LogP contribution >= 0.6 is 11.8 Å². The average molecular weight is 456 g/mol. The van der Waals surface area contributed by atoms with E-state index in [0.29, 0.717) is 5.71 Å². The van der Waals surface area contributed by atoms with E-state index in [1.54, 1.807) is 18.7 Å². The average Bonchev–Trinajstić information content (AvgIpc) is 2.74. The molecule has 0 fully saturated rings. The minimum atomic E-state index is -4.06. The van der Waals surface area contributed by atoms with Crippen molar-refractivity contribution in [2.75, 3.05) is 10.7 Å². The summed E-state index contributed by atoms with van der Waals surface area (Å²) in [5.74, 6) is 0. The number of sulfonamides is 1. The highest BCUT2D eigenvalue weighted by atomic mass is 32.2. The van der Waals surface area contributed by atoms with Crippen LogP contribution in [0.25, 0.3) is 0 Å². The van der Waals surface area contributed by atoms with Gasteiger partial charge in [-0.25, -0.2) is 13.6 Å². The number of nitrogens with zero attached hydrogens (tertiary/aromatic N) is 2. The number of rotatable bonds is 5. The predicted molar refractivity (Wildman–Crippen MR) is 121 cm³/mol. The number of primary sulfonamides is 1. The quantitative estimate of drug-likeness (QED) is 0.232. The second kappa shape index (κ2) is 8.02. The molecule has 11 heteroatoms. The summed E-state index contributed by atoms with van der Waals surface area (Å²) in [4.78, 5) is 12.5. The molecular formula is C20H17N5O4S2. The van der Waals surface area contributed by atoms with Gasteiger partial charge in [-0.15, -0.1) is 0 Å². The summed E-state index contributed by atoms with van der Waals surface area (Å²) in [5, 5.41) is 24.0. The summed E-state index contributed by atoms with van der Waals surface area (Å²) in [6.45, 7) is 1.77. The van der Waals surface area contributed by atoms with Crippen LogP contribution in [0.5, 0.6) is 0 Å². The monoisotopic (exact) mass is 455 g/mol. The zero-order chi connectivity index (χ0) is 22.2. The first-order valence-electron chi connectivity index (χ1n) is 9.02. The summed E-state index contributed by atoms with van der Waals surface area (Å²) >= 11 is 1.67. The highest BCUT2D eigenvalue weighted by Crippen LogP contribution is 2.44. The van der Waals surface area contributed by atoms with E-state index in [1.807, 2.05) is 36.4 Å². The molecule has 3 aromatic carbocycles. The molecule has 0 unspecified atom stereocenters. The highest BCUT2D eigenvalue weighted by molar-refractivity contribution is 7.99. The fraction of sp³-hybridized carbons (Fsp3) is 0.0500. The number of nitrogens with one attached hydrogen (secondary N) is 2. The predicted octanol–water partition coefficient (Wildman–Crippen LogP) is 4.29. The number of para-hydroxylation sites is 1. The van der Waals surface area contributed by atoms with Crippen LogP contribution in [-0.4, -0.2) is 19.1 Å². The van der Waals surface area contributed by atoms with Crippen LogP contribution in [0.4, 0.5) is 22.7 Å². The Morgan fingerprint density at radius 1 is 1.10 bits per heavy atom. The van der Waals surface area contributed by atoms with Gasteiger partial charge in [-0.2, -0.15) is 5.10 Å². The van der Waals surface area contributed by atoms with Crippen molar-refractivity contribution >= 4 is 50.2 Å². The fourth-order valence-electron chi connectivity index (χ4n) is 3.01. The molecule has 9 nitrogen and oxygen atoms in total. The summed E-state index contributed by atoms with van der Waals surface area (Å²) in [6, 6.07) is 17.2. The molecule has 0 spiro atoms. The summed E-state index contributed by atoms with van der Waals surface area (Å²) in [7, 11) is -4.06. The molecule has 1 aliphatic heterocycles. The second-order valence-corrected chi connectivity index (χ2v) is 9.37. The summed E-state index contributed by atoms with van der Waals surface area (Å²) in [5.41, 5.74) is 5.65. The van der Waals surface area contributed by atoms with Crippen LogP contribution < -0.4 is 15.9 Å². The molecule has 3 aromatic rings. The standard InChI is InChI=1S/C20H17N5O4S2/c1-12(23-24-15-8-7-14(31(21,28)29)11-18(15)25(26)27)13-6-9-20-17(10-13)22-16-4-2-3-5-19(16)30-20/h2-11,22,24H,1H3,(H2,21,28,29). The minimum absolute atomic E-state index is 0.0531. The zero-order valence-electron chi connectivity index (χ0n) is 16.2. The van der Waals surface area contributed by atoms with Crippen molar-refractivity contribution in [3.63, 3.8) is 0 Å². The fourth-order valence-corrected chi connectivity index (χ4v) is 4.51. The van der Waals surface area contributed by atoms with Crippen molar-refractivity contribution in [2.24, 2.45) is 10.2 Å². The van der Waals surface area contributed by atoms with Crippen LogP contribution in [0.3, 0.4) is 0 Å². The molecule has 0 radical (unpaired) electrons. The van der Waals surface area contributed by atoms with Crippen LogP contribution in [0.15, 0.2) is 80.5 Å². The number of hydrazone groups is 1. The smallest absolute Gasteiger partial charge is 0.295 e. The number of fused-ring (bicyclic) bond motifs is 2. The molecule has 31 heavy (non-hydrogen) atoms. The molecule has 1 aliphatic rings. The van der Waals surface area contributed by atoms with E-state index in [0.717, 1.165) is 32.8 Å². The van der Waals surface area contributed by atoms with Gasteiger partial charge >= 0.3 is 0 Å². The van der Waals surface area contributed by atoms with E-state index >= 15 is 0 Å². The van der Waals surface area contributed by atoms with E-state index in [2.05, 4.69) is 21.9 Å². The van der Waals surface area contributed by atoms with Crippen LogP contribution in [0, 0.1) is 10.1 Å². The molecular weight excluding hydrogens is 438 g/mol. The molecule has 4 N–H and O–H groups in total. The third-order valence-electron chi connectivity index (χ3n) is 4.61. The number of hydrogen-bond acceptors (Lipinski definition) is 8. The summed E-state index contributed by atoms with van der Waals surface area (Å²) < 4.78 is 22.9. The molecule has 4 rings (SSSR count). The van der Waals surface area contributed by atoms with Gasteiger partial charge in [-0.3, -0.25) is 15.5 Å². The summed E-state index contributed by atoms with van der Waals surface area (Å²) in [6.07, 6.45) is 0. The lowest BCUT2D eigenvalue weighted by molar-refractivity contribution is -0.384. The Bertz CT molecular complexity index is 1340. The maximum atomic E-state index is 11.5. The van der Waals surface area contributed by atoms with Gasteiger partial charge in [0, 0.05) is 15.9 Å². The first-order valence-corrected chi connectivity index (χ1v) is 11.4. The lowest BCUT2D eigenvalue weighted by Crippen LogP contribution is -2.12. The van der Waals surface area contributed by atoms with Gasteiger partial charge in [0.15, 0.2) is 0 Å². The van der Waals surface area contributed by atoms with Crippen molar-refractivity contribution in [3.8, 4) is 0 Å². The minimum Gasteiger partial charge on any atom is -0.354 e. The van der Waals surface area contributed by atoms with Crippen molar-refractivity contribution < 1.29 is 13.3 Å². The zero-order valence-corrected chi connectivity index (χ0v) is 17.8. The Labute approximate surface area is 182 Å². The van der Waals surface area contributed by atoms with Crippen molar-refractivity contribution in [1.29, 1.82) is 0 Å². The third-order valence-corrected chi connectivity index (χ3v) is 6.67. The Balaban J connectivity index is 1.59. The van der Waals surface area contributed by atoms with Crippen molar-refractivity contribution in [1.82, 2.24) is 0 Å². The highest BCUT2D eigenvalue weighted by Gasteiger charge is 2.19. The number of nitro benzene ring substituents is 1. The molecule has 0 saturated carbocycles. The van der Waals surface area contributed by atoms with Gasteiger partial charge in [0.1, 0.15) is 5.69 Å². The van der Waals surface area contributed by atoms with E-state index in [-0.39, 0.29) is 10.6 Å². The Kier molecular flexibility index (Phi) is 5.39. The molecule has 0 bridgehead atoms. The largest absolute Gasteiger partial charge is 0.354 e. The van der Waals surface area contributed by atoms with Gasteiger partial charge in [-0.1, -0.05) is 30.0 Å². The van der Waals surface area contributed by atoms with E-state index in [4.69, 9.17) is 5.14 Å². The number of hydrogen-bond donors (Lipinski definition) is 3. The molecule has 158 valence electrons. The van der Waals surface area contributed by atoms with Gasteiger partial charge in [-0.05, 0) is 48.9 Å². The van der Waals surface area contributed by atoms with Crippen molar-refractivity contribution in [2.45, 2.75) is 21.6 Å². The van der Waals surface area contributed by atoms with E-state index < -0.39 is 20.6 Å². The van der Waals surface area contributed by atoms with Crippen LogP contribution in [-0.2, 0) is 10.0 Å². The number of nitrogens with two attached hydrogens (primary N) is 1. The Morgan fingerprint density at radius 2 is 1.84 bits per heavy atom. The number of nitro groups is 1. The Morgan fingerprint density at radius 3 is 2.58 bits per heavy atom. The van der Waals surface area contributed by atoms with Gasteiger partial charge in [0.05, 0.1) is 26.9 Å². The van der Waals surface area contributed by atoms with E-state index in [9.17, 15) is 18.5 Å². The molecule has 0 amide bonds. The maximum absolute atomic E-state index is 11.5. The van der Waals surface area contributed by atoms with Crippen LogP contribution in [0.2, 0.25) is 0 Å². The van der Waals surface area contributed by atoms with Crippen LogP contribution in [0.1, 0.15) is 12.5 Å². The first kappa shape index (κ1) is 20.8. The molecule has 0 aliphatic carbocycles. The Hall–Kier alpha value is -3.41. The second-order valence-electron chi connectivity index (χ2n) is 6.72. The first-order chi connectivity index (χ1) is 14.7. The topological polar surface area (TPSA) is 140 Å². The van der Waals surface area contributed by atoms with Crippen molar-refractivity contribution in [3.05, 3.63) is 76.3 Å². The number of anilines is 3. The molecule has 0 atom stereocenters. The van der Waals surface area contributed by atoms with Gasteiger partial charge in [0.2, 0.25) is 10.0 Å². The normalized spacial score (nSPS) is 13.0. The molecule has 0 saturated heterocycles. The molecule has 0 aromatic heterocycles. The maximum Gasteiger partial charge on any atom is 0.295 e. The SMILES string of the molecule is CC(=NNc1ccc(S(N)(=O)=O)cc1[N+](=O)[O-])c1ccc2c(c1)Nc1ccccc1S2. The third kappa shape index (κ3) is 4.38.